The van der Waals surface area contributed by atoms with Crippen LogP contribution in [-0.2, 0) is 4.74 Å². The van der Waals surface area contributed by atoms with Crippen LogP contribution in [-0.4, -0.2) is 43.6 Å². The fourth-order valence-electron chi connectivity index (χ4n) is 1.91. The standard InChI is InChI=1S/C12H14F3N3O2/c13-12(14,15)16-11(19)18(10-4-2-1-3-5-10)17-6-8-20-9-7-17/h1-5H,6-9H2,(H,16,19). The molecule has 1 N–H and O–H groups in total. The van der Waals surface area contributed by atoms with Crippen LogP contribution in [0.25, 0.3) is 0 Å². The number of hydrazine groups is 1. The highest BCUT2D eigenvalue weighted by atomic mass is 19.4. The van der Waals surface area contributed by atoms with Crippen molar-refractivity contribution in [2.75, 3.05) is 31.3 Å². The third-order valence-corrected chi connectivity index (χ3v) is 2.71. The Hall–Kier alpha value is -1.80. The average Bonchev–Trinajstić information content (AvgIpc) is 2.39. The van der Waals surface area contributed by atoms with Crippen molar-refractivity contribution in [3.05, 3.63) is 30.3 Å². The lowest BCUT2D eigenvalue weighted by atomic mass is 10.3. The number of para-hydroxylation sites is 1. The number of amides is 2. The number of rotatable bonds is 2. The lowest BCUT2D eigenvalue weighted by molar-refractivity contribution is -0.145. The van der Waals surface area contributed by atoms with Gasteiger partial charge in [0.1, 0.15) is 0 Å². The molecule has 2 rings (SSSR count). The van der Waals surface area contributed by atoms with Crippen molar-refractivity contribution in [3.63, 3.8) is 0 Å². The van der Waals surface area contributed by atoms with Crippen LogP contribution >= 0.6 is 0 Å². The first kappa shape index (κ1) is 14.6. The number of alkyl halides is 3. The van der Waals surface area contributed by atoms with Gasteiger partial charge in [-0.05, 0) is 12.1 Å². The molecular formula is C12H14F3N3O2. The molecule has 1 aromatic rings. The van der Waals surface area contributed by atoms with Crippen LogP contribution in [0.1, 0.15) is 0 Å². The first-order chi connectivity index (χ1) is 9.47. The highest BCUT2D eigenvalue weighted by molar-refractivity contribution is 5.91. The van der Waals surface area contributed by atoms with Crippen LogP contribution in [0.2, 0.25) is 0 Å². The minimum Gasteiger partial charge on any atom is -0.379 e. The fraction of sp³-hybridized carbons (Fsp3) is 0.417. The van der Waals surface area contributed by atoms with Gasteiger partial charge >= 0.3 is 12.3 Å². The smallest absolute Gasteiger partial charge is 0.379 e. The van der Waals surface area contributed by atoms with E-state index in [2.05, 4.69) is 0 Å². The molecule has 1 aliphatic heterocycles. The maximum absolute atomic E-state index is 12.3. The number of carbonyl (C=O) groups excluding carboxylic acids is 1. The molecule has 1 saturated heterocycles. The molecule has 0 radical (unpaired) electrons. The number of nitrogens with one attached hydrogen (secondary N) is 1. The Morgan fingerprint density at radius 3 is 2.35 bits per heavy atom. The minimum absolute atomic E-state index is 0.347. The monoisotopic (exact) mass is 289 g/mol. The summed E-state index contributed by atoms with van der Waals surface area (Å²) in [6.45, 7) is 1.42. The van der Waals surface area contributed by atoms with Crippen molar-refractivity contribution in [1.82, 2.24) is 10.3 Å². The summed E-state index contributed by atoms with van der Waals surface area (Å²) in [5.74, 6) is 0. The molecule has 0 aliphatic carbocycles. The topological polar surface area (TPSA) is 44.8 Å². The quantitative estimate of drug-likeness (QED) is 0.847. The lowest BCUT2D eigenvalue weighted by Gasteiger charge is -2.37. The van der Waals surface area contributed by atoms with E-state index in [9.17, 15) is 18.0 Å². The second-order valence-corrected chi connectivity index (χ2v) is 4.14. The van der Waals surface area contributed by atoms with Crippen molar-refractivity contribution in [2.24, 2.45) is 0 Å². The summed E-state index contributed by atoms with van der Waals surface area (Å²) in [7, 11) is 0. The summed E-state index contributed by atoms with van der Waals surface area (Å²) in [6.07, 6.45) is -4.77. The number of urea groups is 1. The van der Waals surface area contributed by atoms with Crippen LogP contribution in [0.5, 0.6) is 0 Å². The van der Waals surface area contributed by atoms with Crippen LogP contribution in [0.15, 0.2) is 30.3 Å². The van der Waals surface area contributed by atoms with Crippen molar-refractivity contribution in [2.45, 2.75) is 6.30 Å². The number of hydrogen-bond acceptors (Lipinski definition) is 3. The zero-order chi connectivity index (χ0) is 14.6. The molecular weight excluding hydrogens is 275 g/mol. The lowest BCUT2D eigenvalue weighted by Crippen LogP contribution is -2.57. The van der Waals surface area contributed by atoms with Gasteiger partial charge in [-0.3, -0.25) is 0 Å². The van der Waals surface area contributed by atoms with Crippen molar-refractivity contribution in [3.8, 4) is 0 Å². The molecule has 20 heavy (non-hydrogen) atoms. The highest BCUT2D eigenvalue weighted by Gasteiger charge is 2.35. The maximum Gasteiger partial charge on any atom is 0.486 e. The highest BCUT2D eigenvalue weighted by Crippen LogP contribution is 2.19. The number of benzene rings is 1. The average molecular weight is 289 g/mol. The van der Waals surface area contributed by atoms with Gasteiger partial charge in [0.25, 0.3) is 0 Å². The van der Waals surface area contributed by atoms with E-state index < -0.39 is 12.3 Å². The molecule has 1 aliphatic rings. The number of ether oxygens (including phenoxy) is 1. The molecule has 0 aromatic heterocycles. The predicted octanol–water partition coefficient (Wildman–Crippen LogP) is 1.97. The Morgan fingerprint density at radius 1 is 1.20 bits per heavy atom. The van der Waals surface area contributed by atoms with Crippen molar-refractivity contribution < 1.29 is 22.7 Å². The molecule has 0 saturated carbocycles. The van der Waals surface area contributed by atoms with Gasteiger partial charge in [-0.1, -0.05) is 18.2 Å². The van der Waals surface area contributed by atoms with E-state index in [1.807, 2.05) is 0 Å². The first-order valence-corrected chi connectivity index (χ1v) is 6.04. The maximum atomic E-state index is 12.3. The van der Waals surface area contributed by atoms with E-state index in [1.165, 1.54) is 5.01 Å². The normalized spacial score (nSPS) is 16.8. The van der Waals surface area contributed by atoms with E-state index in [1.54, 1.807) is 30.3 Å². The predicted molar refractivity (Wildman–Crippen MR) is 65.9 cm³/mol. The number of carbonyl (C=O) groups is 1. The number of anilines is 1. The summed E-state index contributed by atoms with van der Waals surface area (Å²) in [4.78, 5) is 11.9. The number of nitrogens with zero attached hydrogens (tertiary/aromatic N) is 2. The molecule has 1 fully saturated rings. The molecule has 0 bridgehead atoms. The third-order valence-electron chi connectivity index (χ3n) is 2.71. The van der Waals surface area contributed by atoms with Gasteiger partial charge in [0.2, 0.25) is 0 Å². The van der Waals surface area contributed by atoms with Crippen LogP contribution in [0.4, 0.5) is 23.7 Å². The molecule has 0 unspecified atom stereocenters. The van der Waals surface area contributed by atoms with E-state index in [0.717, 1.165) is 10.3 Å². The van der Waals surface area contributed by atoms with E-state index in [4.69, 9.17) is 4.74 Å². The van der Waals surface area contributed by atoms with Gasteiger partial charge in [0.05, 0.1) is 18.9 Å². The second kappa shape index (κ2) is 6.10. The Labute approximate surface area is 113 Å². The zero-order valence-electron chi connectivity index (χ0n) is 10.6. The Balaban J connectivity index is 2.22. The van der Waals surface area contributed by atoms with E-state index in [-0.39, 0.29) is 0 Å². The first-order valence-electron chi connectivity index (χ1n) is 6.04. The van der Waals surface area contributed by atoms with Crippen molar-refractivity contribution in [1.29, 1.82) is 0 Å². The number of halogens is 3. The largest absolute Gasteiger partial charge is 0.486 e. The van der Waals surface area contributed by atoms with Gasteiger partial charge in [-0.2, -0.15) is 13.2 Å². The molecule has 1 aromatic carbocycles. The Bertz CT molecular complexity index is 447. The second-order valence-electron chi connectivity index (χ2n) is 4.14. The van der Waals surface area contributed by atoms with Crippen molar-refractivity contribution >= 4 is 11.7 Å². The molecule has 0 spiro atoms. The number of hydrogen-bond donors (Lipinski definition) is 1. The third kappa shape index (κ3) is 3.84. The van der Waals surface area contributed by atoms with E-state index >= 15 is 0 Å². The summed E-state index contributed by atoms with van der Waals surface area (Å²) in [5.41, 5.74) is 0.371. The SMILES string of the molecule is O=C(NC(F)(F)F)N(c1ccccc1)N1CCOCC1. The molecule has 5 nitrogen and oxygen atoms in total. The summed E-state index contributed by atoms with van der Waals surface area (Å²) in [5, 5.41) is 3.54. The van der Waals surface area contributed by atoms with Gasteiger partial charge < -0.3 is 4.74 Å². The summed E-state index contributed by atoms with van der Waals surface area (Å²) in [6, 6.07) is 6.96. The van der Waals surface area contributed by atoms with Crippen LogP contribution in [0, 0.1) is 0 Å². The summed E-state index contributed by atoms with van der Waals surface area (Å²) < 4.78 is 42.2. The molecule has 110 valence electrons. The van der Waals surface area contributed by atoms with Gasteiger partial charge in [-0.25, -0.2) is 20.1 Å². The molecule has 0 atom stereocenters. The van der Waals surface area contributed by atoms with Gasteiger partial charge in [-0.15, -0.1) is 0 Å². The van der Waals surface area contributed by atoms with Crippen LogP contribution in [0.3, 0.4) is 0 Å². The van der Waals surface area contributed by atoms with Gasteiger partial charge in [0, 0.05) is 13.1 Å². The number of morpholine rings is 1. The Morgan fingerprint density at radius 2 is 1.80 bits per heavy atom. The van der Waals surface area contributed by atoms with Gasteiger partial charge in [0.15, 0.2) is 0 Å². The minimum atomic E-state index is -4.77. The fourth-order valence-corrected chi connectivity index (χ4v) is 1.91. The zero-order valence-corrected chi connectivity index (χ0v) is 10.6. The Kier molecular flexibility index (Phi) is 4.46. The molecule has 8 heteroatoms. The van der Waals surface area contributed by atoms with E-state index in [0.29, 0.717) is 32.0 Å². The summed E-state index contributed by atoms with van der Waals surface area (Å²) >= 11 is 0. The molecule has 2 amide bonds. The van der Waals surface area contributed by atoms with Crippen LogP contribution < -0.4 is 10.3 Å². The molecule has 1 heterocycles.